The van der Waals surface area contributed by atoms with E-state index in [1.165, 1.54) is 18.3 Å². The predicted octanol–water partition coefficient (Wildman–Crippen LogP) is 5.65. The average Bonchev–Trinajstić information content (AvgIpc) is 3.09. The lowest BCUT2D eigenvalue weighted by atomic mass is 10.0. The molecule has 254 valence electrons. The number of terminal acetylenes is 1. The van der Waals surface area contributed by atoms with E-state index < -0.39 is 17.6 Å². The molecule has 47 heavy (non-hydrogen) atoms. The minimum absolute atomic E-state index is 0.119. The Kier molecular flexibility index (Phi) is 15.4. The fourth-order valence-corrected chi connectivity index (χ4v) is 4.43. The van der Waals surface area contributed by atoms with Crippen LogP contribution in [0.3, 0.4) is 0 Å². The Hall–Kier alpha value is -4.22. The van der Waals surface area contributed by atoms with E-state index in [9.17, 15) is 18.0 Å². The number of hydrogen-bond donors (Lipinski definition) is 1. The number of halogens is 3. The third-order valence-electron chi connectivity index (χ3n) is 6.69. The highest BCUT2D eigenvalue weighted by Gasteiger charge is 2.31. The molecule has 1 amide bonds. The van der Waals surface area contributed by atoms with Gasteiger partial charge in [0.1, 0.15) is 18.9 Å². The van der Waals surface area contributed by atoms with Crippen LogP contribution in [0.15, 0.2) is 48.8 Å². The SMILES string of the molecule is C#CCOCCOCCOCCOc1ncc(-c2cc(NC(=O)c3cccc(C(F)(F)F)c3)cnc2C)cc1N1CCOCC1.CC. The topological polar surface area (TPSA) is 104 Å². The maximum Gasteiger partial charge on any atom is 0.416 e. The third kappa shape index (κ3) is 11.8. The minimum atomic E-state index is -4.56. The Balaban J connectivity index is 0.00000294. The molecule has 1 N–H and O–H groups in total. The van der Waals surface area contributed by atoms with Crippen molar-refractivity contribution in [2.45, 2.75) is 26.9 Å². The van der Waals surface area contributed by atoms with Gasteiger partial charge in [0, 0.05) is 41.7 Å². The Morgan fingerprint density at radius 3 is 2.34 bits per heavy atom. The number of carbonyl (C=O) groups is 1. The number of anilines is 2. The maximum absolute atomic E-state index is 13.1. The number of rotatable bonds is 15. The molecule has 1 saturated heterocycles. The van der Waals surface area contributed by atoms with Gasteiger partial charge in [-0.15, -0.1) is 6.42 Å². The van der Waals surface area contributed by atoms with Crippen LogP contribution >= 0.6 is 0 Å². The number of aromatic nitrogens is 2. The number of hydrogen-bond acceptors (Lipinski definition) is 9. The van der Waals surface area contributed by atoms with E-state index in [0.29, 0.717) is 82.2 Å². The summed E-state index contributed by atoms with van der Waals surface area (Å²) in [6, 6.07) is 7.90. The lowest BCUT2D eigenvalue weighted by Crippen LogP contribution is -2.36. The molecule has 0 aliphatic carbocycles. The third-order valence-corrected chi connectivity index (χ3v) is 6.69. The smallest absolute Gasteiger partial charge is 0.416 e. The molecule has 0 unspecified atom stereocenters. The number of pyridine rings is 2. The van der Waals surface area contributed by atoms with Gasteiger partial charge in [-0.2, -0.15) is 13.2 Å². The monoisotopic (exact) mass is 658 g/mol. The van der Waals surface area contributed by atoms with Crippen LogP contribution in [0.2, 0.25) is 0 Å². The second-order valence-electron chi connectivity index (χ2n) is 9.87. The average molecular weight is 659 g/mol. The zero-order chi connectivity index (χ0) is 34.1. The van der Waals surface area contributed by atoms with E-state index in [1.54, 1.807) is 12.3 Å². The first-order chi connectivity index (χ1) is 22.8. The van der Waals surface area contributed by atoms with Crippen molar-refractivity contribution < 1.29 is 41.7 Å². The summed E-state index contributed by atoms with van der Waals surface area (Å²) in [5.41, 5.74) is 2.17. The van der Waals surface area contributed by atoms with Gasteiger partial charge in [-0.3, -0.25) is 9.78 Å². The molecule has 2 aromatic heterocycles. The molecule has 0 atom stereocenters. The van der Waals surface area contributed by atoms with Crippen molar-refractivity contribution in [2.24, 2.45) is 0 Å². The van der Waals surface area contributed by atoms with Crippen LogP contribution in [0.1, 0.15) is 35.5 Å². The molecule has 3 aromatic rings. The quantitative estimate of drug-likeness (QED) is 0.164. The summed E-state index contributed by atoms with van der Waals surface area (Å²) in [4.78, 5) is 23.9. The summed E-state index contributed by atoms with van der Waals surface area (Å²) in [5.74, 6) is 2.14. The number of aryl methyl sites for hydroxylation is 1. The number of benzene rings is 1. The van der Waals surface area contributed by atoms with E-state index in [1.807, 2.05) is 26.8 Å². The maximum atomic E-state index is 13.1. The van der Waals surface area contributed by atoms with Gasteiger partial charge in [-0.1, -0.05) is 25.8 Å². The zero-order valence-corrected chi connectivity index (χ0v) is 26.9. The second-order valence-corrected chi connectivity index (χ2v) is 9.87. The van der Waals surface area contributed by atoms with Crippen LogP contribution in [0.4, 0.5) is 24.5 Å². The first-order valence-electron chi connectivity index (χ1n) is 15.3. The summed E-state index contributed by atoms with van der Waals surface area (Å²) >= 11 is 0. The van der Waals surface area contributed by atoms with E-state index in [0.717, 1.165) is 23.4 Å². The number of nitrogens with zero attached hydrogens (tertiary/aromatic N) is 3. The number of nitrogens with one attached hydrogen (secondary N) is 1. The number of ether oxygens (including phenoxy) is 5. The molecule has 4 rings (SSSR count). The van der Waals surface area contributed by atoms with Crippen LogP contribution in [0.5, 0.6) is 5.88 Å². The van der Waals surface area contributed by atoms with Crippen LogP contribution in [-0.4, -0.2) is 88.4 Å². The van der Waals surface area contributed by atoms with Crippen molar-refractivity contribution in [1.82, 2.24) is 9.97 Å². The molecule has 13 heteroatoms. The summed E-state index contributed by atoms with van der Waals surface area (Å²) in [6.45, 7) is 10.7. The first kappa shape index (κ1) is 37.2. The molecule has 10 nitrogen and oxygen atoms in total. The van der Waals surface area contributed by atoms with Crippen LogP contribution in [-0.2, 0) is 25.1 Å². The minimum Gasteiger partial charge on any atom is -0.474 e. The van der Waals surface area contributed by atoms with Gasteiger partial charge in [0.25, 0.3) is 5.91 Å². The molecule has 1 aromatic carbocycles. The summed E-state index contributed by atoms with van der Waals surface area (Å²) < 4.78 is 67.1. The number of amides is 1. The molecule has 3 heterocycles. The standard InChI is InChI=1S/C32H35F3N4O6.C2H6/c1-3-9-41-12-13-43-14-15-44-16-17-45-31-29(39-7-10-42-11-8-39)19-25(21-37-31)28-20-27(22-36-23(28)2)38-30(40)24-5-4-6-26(18-24)32(33,34)35;1-2/h1,4-6,18-22H,7-17H2,2H3,(H,38,40);1-2H3. The molecule has 0 spiro atoms. The van der Waals surface area contributed by atoms with Gasteiger partial charge in [0.2, 0.25) is 5.88 Å². The van der Waals surface area contributed by atoms with Crippen molar-refractivity contribution in [3.8, 4) is 29.4 Å². The molecule has 0 bridgehead atoms. The highest BCUT2D eigenvalue weighted by Crippen LogP contribution is 2.34. The van der Waals surface area contributed by atoms with E-state index in [-0.39, 0.29) is 18.8 Å². The molecule has 1 aliphatic rings. The van der Waals surface area contributed by atoms with Crippen molar-refractivity contribution in [2.75, 3.05) is 82.8 Å². The van der Waals surface area contributed by atoms with Gasteiger partial charge in [-0.05, 0) is 37.3 Å². The van der Waals surface area contributed by atoms with E-state index in [2.05, 4.69) is 26.1 Å². The van der Waals surface area contributed by atoms with Crippen LogP contribution < -0.4 is 15.0 Å². The number of alkyl halides is 3. The lowest BCUT2D eigenvalue weighted by molar-refractivity contribution is -0.137. The van der Waals surface area contributed by atoms with E-state index >= 15 is 0 Å². The molecular formula is C34H41F3N4O6. The van der Waals surface area contributed by atoms with Crippen molar-refractivity contribution in [3.05, 3.63) is 65.6 Å². The molecule has 1 aliphatic heterocycles. The van der Waals surface area contributed by atoms with Crippen molar-refractivity contribution >= 4 is 17.3 Å². The number of morpholine rings is 1. The van der Waals surface area contributed by atoms with E-state index in [4.69, 9.17) is 30.1 Å². The predicted molar refractivity (Wildman–Crippen MR) is 173 cm³/mol. The Bertz CT molecular complexity index is 1460. The van der Waals surface area contributed by atoms with Crippen molar-refractivity contribution in [1.29, 1.82) is 0 Å². The van der Waals surface area contributed by atoms with Gasteiger partial charge in [-0.25, -0.2) is 4.98 Å². The zero-order valence-electron chi connectivity index (χ0n) is 26.9. The Morgan fingerprint density at radius 1 is 0.979 bits per heavy atom. The largest absolute Gasteiger partial charge is 0.474 e. The summed E-state index contributed by atoms with van der Waals surface area (Å²) in [5, 5.41) is 2.65. The summed E-state index contributed by atoms with van der Waals surface area (Å²) in [7, 11) is 0. The van der Waals surface area contributed by atoms with Gasteiger partial charge in [0.05, 0.1) is 63.7 Å². The molecule has 0 radical (unpaired) electrons. The van der Waals surface area contributed by atoms with Crippen molar-refractivity contribution in [3.63, 3.8) is 0 Å². The lowest BCUT2D eigenvalue weighted by Gasteiger charge is -2.30. The summed E-state index contributed by atoms with van der Waals surface area (Å²) in [6.07, 6.45) is 3.67. The Labute approximate surface area is 273 Å². The van der Waals surface area contributed by atoms with Gasteiger partial charge >= 0.3 is 6.18 Å². The highest BCUT2D eigenvalue weighted by atomic mass is 19.4. The molecular weight excluding hydrogens is 617 g/mol. The van der Waals surface area contributed by atoms with Crippen LogP contribution in [0, 0.1) is 19.3 Å². The molecule has 0 saturated carbocycles. The van der Waals surface area contributed by atoms with Gasteiger partial charge in [0.15, 0.2) is 0 Å². The number of carbonyl (C=O) groups excluding carboxylic acids is 1. The Morgan fingerprint density at radius 2 is 1.66 bits per heavy atom. The normalized spacial score (nSPS) is 12.9. The van der Waals surface area contributed by atoms with Gasteiger partial charge < -0.3 is 33.9 Å². The second kappa shape index (κ2) is 19.4. The molecule has 1 fully saturated rings. The fourth-order valence-electron chi connectivity index (χ4n) is 4.43. The first-order valence-corrected chi connectivity index (χ1v) is 15.3. The fraction of sp³-hybridized carbons (Fsp3) is 0.441. The van der Waals surface area contributed by atoms with Crippen LogP contribution in [0.25, 0.3) is 11.1 Å². The highest BCUT2D eigenvalue weighted by molar-refractivity contribution is 6.04.